The number of nitrogens with zero attached hydrogens (tertiary/aromatic N) is 2. The highest BCUT2D eigenvalue weighted by Gasteiger charge is 2.01. The quantitative estimate of drug-likeness (QED) is 0.803. The zero-order valence-electron chi connectivity index (χ0n) is 9.73. The van der Waals surface area contributed by atoms with Gasteiger partial charge in [-0.1, -0.05) is 12.1 Å². The summed E-state index contributed by atoms with van der Waals surface area (Å²) < 4.78 is 1.27. The summed E-state index contributed by atoms with van der Waals surface area (Å²) in [5, 5.41) is 4.57. The maximum absolute atomic E-state index is 4.57. The van der Waals surface area contributed by atoms with Crippen LogP contribution in [0.5, 0.6) is 0 Å². The average Bonchev–Trinajstić information content (AvgIpc) is 2.66. The molecule has 0 fully saturated rings. The molecule has 0 bridgehead atoms. The van der Waals surface area contributed by atoms with Gasteiger partial charge in [0, 0.05) is 19.6 Å². The fourth-order valence-corrected chi connectivity index (χ4v) is 2.43. The van der Waals surface area contributed by atoms with E-state index in [1.807, 2.05) is 6.07 Å². The number of hydrogen-bond acceptors (Lipinski definition) is 4. The second-order valence-corrected chi connectivity index (χ2v) is 5.17. The molecule has 0 saturated carbocycles. The maximum Gasteiger partial charge on any atom is 0.108 e. The maximum atomic E-state index is 4.57. The number of fused-ring (bicyclic) bond motifs is 1. The van der Waals surface area contributed by atoms with E-state index in [-0.39, 0.29) is 0 Å². The molecule has 86 valence electrons. The lowest BCUT2D eigenvalue weighted by molar-refractivity contribution is 0.400. The normalized spacial score (nSPS) is 11.4. The number of rotatable bonds is 5. The number of likely N-dealkylation sites (N-methyl/N-ethyl adjacent to an activating group) is 1. The zero-order valence-corrected chi connectivity index (χ0v) is 10.5. The first kappa shape index (κ1) is 11.5. The first-order valence-electron chi connectivity index (χ1n) is 5.45. The van der Waals surface area contributed by atoms with Gasteiger partial charge in [0.05, 0.1) is 10.2 Å². The molecule has 0 saturated heterocycles. The van der Waals surface area contributed by atoms with Crippen molar-refractivity contribution in [2.75, 3.05) is 27.2 Å². The highest BCUT2D eigenvalue weighted by molar-refractivity contribution is 7.18. The van der Waals surface area contributed by atoms with Gasteiger partial charge in [-0.15, -0.1) is 11.3 Å². The van der Waals surface area contributed by atoms with Crippen molar-refractivity contribution in [1.82, 2.24) is 15.2 Å². The molecule has 4 heteroatoms. The molecule has 0 spiro atoms. The van der Waals surface area contributed by atoms with Gasteiger partial charge in [0.2, 0.25) is 0 Å². The van der Waals surface area contributed by atoms with Crippen LogP contribution in [-0.2, 0) is 6.54 Å². The highest BCUT2D eigenvalue weighted by Crippen LogP contribution is 2.20. The third kappa shape index (κ3) is 3.01. The molecule has 1 N–H and O–H groups in total. The monoisotopic (exact) mass is 235 g/mol. The Hall–Kier alpha value is -0.970. The Morgan fingerprint density at radius 3 is 2.88 bits per heavy atom. The Bertz CT molecular complexity index is 417. The van der Waals surface area contributed by atoms with Crippen LogP contribution in [0.15, 0.2) is 24.3 Å². The predicted molar refractivity (Wildman–Crippen MR) is 69.9 cm³/mol. The molecule has 0 atom stereocenters. The van der Waals surface area contributed by atoms with E-state index in [0.29, 0.717) is 0 Å². The number of benzene rings is 1. The fraction of sp³-hybridized carbons (Fsp3) is 0.417. The van der Waals surface area contributed by atoms with Crippen LogP contribution >= 0.6 is 11.3 Å². The van der Waals surface area contributed by atoms with Crippen molar-refractivity contribution in [2.24, 2.45) is 0 Å². The molecule has 0 aliphatic rings. The van der Waals surface area contributed by atoms with E-state index in [1.54, 1.807) is 11.3 Å². The molecule has 3 nitrogen and oxygen atoms in total. The van der Waals surface area contributed by atoms with Gasteiger partial charge in [-0.2, -0.15) is 0 Å². The van der Waals surface area contributed by atoms with Gasteiger partial charge < -0.3 is 10.2 Å². The van der Waals surface area contributed by atoms with E-state index in [2.05, 4.69) is 47.5 Å². The Labute approximate surface area is 100 Å². The van der Waals surface area contributed by atoms with Gasteiger partial charge in [0.15, 0.2) is 0 Å². The Balaban J connectivity index is 1.89. The lowest BCUT2D eigenvalue weighted by Crippen LogP contribution is -2.26. The molecule has 1 aromatic heterocycles. The van der Waals surface area contributed by atoms with Crippen molar-refractivity contribution < 1.29 is 0 Å². The summed E-state index contributed by atoms with van der Waals surface area (Å²) in [5.41, 5.74) is 1.11. The minimum atomic E-state index is 0.868. The highest BCUT2D eigenvalue weighted by atomic mass is 32.1. The number of hydrogen-bond donors (Lipinski definition) is 1. The summed E-state index contributed by atoms with van der Waals surface area (Å²) >= 11 is 1.77. The number of thiazole rings is 1. The first-order valence-corrected chi connectivity index (χ1v) is 6.27. The molecular formula is C12H17N3S. The number of para-hydroxylation sites is 1. The summed E-state index contributed by atoms with van der Waals surface area (Å²) in [6.07, 6.45) is 0. The minimum absolute atomic E-state index is 0.868. The molecule has 0 amide bonds. The molecule has 0 aliphatic carbocycles. The topological polar surface area (TPSA) is 28.2 Å². The summed E-state index contributed by atoms with van der Waals surface area (Å²) in [4.78, 5) is 6.74. The summed E-state index contributed by atoms with van der Waals surface area (Å²) in [6, 6.07) is 8.28. The zero-order chi connectivity index (χ0) is 11.4. The van der Waals surface area contributed by atoms with Gasteiger partial charge in [-0.3, -0.25) is 0 Å². The van der Waals surface area contributed by atoms with Crippen molar-refractivity contribution >= 4 is 21.6 Å². The molecule has 0 unspecified atom stereocenters. The van der Waals surface area contributed by atoms with Crippen LogP contribution in [0.1, 0.15) is 5.01 Å². The predicted octanol–water partition coefficient (Wildman–Crippen LogP) is 1.95. The van der Waals surface area contributed by atoms with Crippen LogP contribution < -0.4 is 5.32 Å². The largest absolute Gasteiger partial charge is 0.309 e. The fourth-order valence-electron chi connectivity index (χ4n) is 1.49. The second-order valence-electron chi connectivity index (χ2n) is 4.06. The van der Waals surface area contributed by atoms with Crippen molar-refractivity contribution in [3.8, 4) is 0 Å². The number of aromatic nitrogens is 1. The molecule has 1 heterocycles. The van der Waals surface area contributed by atoms with E-state index in [4.69, 9.17) is 0 Å². The first-order chi connectivity index (χ1) is 7.75. The lowest BCUT2D eigenvalue weighted by atomic mass is 10.3. The van der Waals surface area contributed by atoms with Gasteiger partial charge >= 0.3 is 0 Å². The summed E-state index contributed by atoms with van der Waals surface area (Å²) in [5.74, 6) is 0. The van der Waals surface area contributed by atoms with Crippen LogP contribution in [0.3, 0.4) is 0 Å². The van der Waals surface area contributed by atoms with Crippen molar-refractivity contribution in [1.29, 1.82) is 0 Å². The van der Waals surface area contributed by atoms with Crippen LogP contribution in [0.4, 0.5) is 0 Å². The molecule has 2 rings (SSSR count). The second kappa shape index (κ2) is 5.39. The van der Waals surface area contributed by atoms with Crippen molar-refractivity contribution in [3.63, 3.8) is 0 Å². The van der Waals surface area contributed by atoms with Gasteiger partial charge in [0.25, 0.3) is 0 Å². The van der Waals surface area contributed by atoms with Crippen LogP contribution in [0.2, 0.25) is 0 Å². The molecule has 0 aliphatic heterocycles. The number of nitrogens with one attached hydrogen (secondary N) is 1. The average molecular weight is 235 g/mol. The Kier molecular flexibility index (Phi) is 3.88. The molecule has 16 heavy (non-hydrogen) atoms. The van der Waals surface area contributed by atoms with E-state index < -0.39 is 0 Å². The SMILES string of the molecule is CN(C)CCNCc1nc2ccccc2s1. The van der Waals surface area contributed by atoms with E-state index >= 15 is 0 Å². The third-order valence-electron chi connectivity index (χ3n) is 2.35. The van der Waals surface area contributed by atoms with Crippen molar-refractivity contribution in [3.05, 3.63) is 29.3 Å². The summed E-state index contributed by atoms with van der Waals surface area (Å²) in [7, 11) is 4.17. The van der Waals surface area contributed by atoms with E-state index in [9.17, 15) is 0 Å². The molecule has 2 aromatic rings. The Morgan fingerprint density at radius 1 is 1.31 bits per heavy atom. The van der Waals surface area contributed by atoms with Gasteiger partial charge in [0.1, 0.15) is 5.01 Å². The van der Waals surface area contributed by atoms with Crippen LogP contribution in [0.25, 0.3) is 10.2 Å². The Morgan fingerprint density at radius 2 is 2.12 bits per heavy atom. The third-order valence-corrected chi connectivity index (χ3v) is 3.39. The van der Waals surface area contributed by atoms with Gasteiger partial charge in [-0.25, -0.2) is 4.98 Å². The molecule has 1 aromatic carbocycles. The minimum Gasteiger partial charge on any atom is -0.309 e. The smallest absolute Gasteiger partial charge is 0.108 e. The van der Waals surface area contributed by atoms with Gasteiger partial charge in [-0.05, 0) is 26.2 Å². The molecular weight excluding hydrogens is 218 g/mol. The van der Waals surface area contributed by atoms with Crippen molar-refractivity contribution in [2.45, 2.75) is 6.54 Å². The summed E-state index contributed by atoms with van der Waals surface area (Å²) in [6.45, 7) is 2.93. The lowest BCUT2D eigenvalue weighted by Gasteiger charge is -2.08. The van der Waals surface area contributed by atoms with Crippen LogP contribution in [0, 0.1) is 0 Å². The van der Waals surface area contributed by atoms with E-state index in [0.717, 1.165) is 25.2 Å². The van der Waals surface area contributed by atoms with E-state index in [1.165, 1.54) is 9.71 Å². The molecule has 0 radical (unpaired) electrons. The standard InChI is InChI=1S/C12H17N3S/c1-15(2)8-7-13-9-12-14-10-5-3-4-6-11(10)16-12/h3-6,13H,7-9H2,1-2H3. The van der Waals surface area contributed by atoms with Crippen LogP contribution in [-0.4, -0.2) is 37.1 Å².